The van der Waals surface area contributed by atoms with Crippen LogP contribution in [0.1, 0.15) is 23.0 Å². The molecule has 0 spiro atoms. The third-order valence-corrected chi connectivity index (χ3v) is 2.63. The van der Waals surface area contributed by atoms with Crippen LogP contribution >= 0.6 is 0 Å². The van der Waals surface area contributed by atoms with Crippen molar-refractivity contribution < 1.29 is 18.7 Å². The van der Waals surface area contributed by atoms with Crippen LogP contribution in [0.4, 0.5) is 4.39 Å². The SMILES string of the molecule is CCOC(=O)c1cnn(C)c1COc1ccc(F)nc1. The lowest BCUT2D eigenvalue weighted by atomic mass is 10.2. The Labute approximate surface area is 115 Å². The van der Waals surface area contributed by atoms with Gasteiger partial charge in [-0.3, -0.25) is 4.68 Å². The highest BCUT2D eigenvalue weighted by Gasteiger charge is 2.17. The fraction of sp³-hybridized carbons (Fsp3) is 0.308. The smallest absolute Gasteiger partial charge is 0.341 e. The molecule has 7 heteroatoms. The van der Waals surface area contributed by atoms with Crippen molar-refractivity contribution in [3.63, 3.8) is 0 Å². The van der Waals surface area contributed by atoms with Crippen molar-refractivity contribution in [3.8, 4) is 5.75 Å². The van der Waals surface area contributed by atoms with Crippen LogP contribution in [0.2, 0.25) is 0 Å². The molecular formula is C13H14FN3O3. The Morgan fingerprint density at radius 3 is 2.85 bits per heavy atom. The maximum absolute atomic E-state index is 12.7. The number of carbonyl (C=O) groups excluding carboxylic acids is 1. The Morgan fingerprint density at radius 1 is 1.40 bits per heavy atom. The first-order valence-electron chi connectivity index (χ1n) is 6.04. The van der Waals surface area contributed by atoms with Gasteiger partial charge in [0.15, 0.2) is 0 Å². The molecule has 0 unspecified atom stereocenters. The lowest BCUT2D eigenvalue weighted by Gasteiger charge is -2.08. The van der Waals surface area contributed by atoms with Crippen molar-refractivity contribution in [2.45, 2.75) is 13.5 Å². The zero-order valence-corrected chi connectivity index (χ0v) is 11.2. The van der Waals surface area contributed by atoms with E-state index in [2.05, 4.69) is 10.1 Å². The average molecular weight is 279 g/mol. The topological polar surface area (TPSA) is 66.2 Å². The molecule has 0 atom stereocenters. The van der Waals surface area contributed by atoms with Gasteiger partial charge in [0.25, 0.3) is 0 Å². The summed E-state index contributed by atoms with van der Waals surface area (Å²) in [5.41, 5.74) is 0.928. The molecule has 2 aromatic rings. The quantitative estimate of drug-likeness (QED) is 0.615. The van der Waals surface area contributed by atoms with Crippen LogP contribution in [0.5, 0.6) is 5.75 Å². The number of pyridine rings is 1. The third kappa shape index (κ3) is 3.11. The molecule has 6 nitrogen and oxygen atoms in total. The second-order valence-corrected chi connectivity index (χ2v) is 3.95. The first kappa shape index (κ1) is 14.0. The van der Waals surface area contributed by atoms with E-state index in [-0.39, 0.29) is 13.2 Å². The highest BCUT2D eigenvalue weighted by Crippen LogP contribution is 2.14. The minimum absolute atomic E-state index is 0.109. The predicted octanol–water partition coefficient (Wildman–Crippen LogP) is 1.71. The maximum atomic E-state index is 12.7. The van der Waals surface area contributed by atoms with Crippen LogP contribution in [-0.2, 0) is 18.4 Å². The van der Waals surface area contributed by atoms with Gasteiger partial charge in [-0.1, -0.05) is 0 Å². The van der Waals surface area contributed by atoms with Crippen LogP contribution in [0, 0.1) is 5.95 Å². The Kier molecular flexibility index (Phi) is 4.29. The van der Waals surface area contributed by atoms with Crippen molar-refractivity contribution in [1.29, 1.82) is 0 Å². The van der Waals surface area contributed by atoms with Crippen molar-refractivity contribution in [2.75, 3.05) is 6.61 Å². The summed E-state index contributed by atoms with van der Waals surface area (Å²) in [6.45, 7) is 2.13. The van der Waals surface area contributed by atoms with Crippen LogP contribution in [0.3, 0.4) is 0 Å². The first-order chi connectivity index (χ1) is 9.61. The van der Waals surface area contributed by atoms with Crippen LogP contribution in [0.15, 0.2) is 24.5 Å². The molecule has 2 heterocycles. The molecule has 106 valence electrons. The maximum Gasteiger partial charge on any atom is 0.341 e. The number of nitrogens with zero attached hydrogens (tertiary/aromatic N) is 3. The first-order valence-corrected chi connectivity index (χ1v) is 6.04. The van der Waals surface area contributed by atoms with Gasteiger partial charge < -0.3 is 9.47 Å². The highest BCUT2D eigenvalue weighted by atomic mass is 19.1. The zero-order valence-electron chi connectivity index (χ0n) is 11.2. The number of ether oxygens (including phenoxy) is 2. The van der Waals surface area contributed by atoms with Gasteiger partial charge in [0.2, 0.25) is 5.95 Å². The molecule has 0 saturated heterocycles. The van der Waals surface area contributed by atoms with Gasteiger partial charge in [0.1, 0.15) is 17.9 Å². The Hall–Kier alpha value is -2.44. The number of hydrogen-bond donors (Lipinski definition) is 0. The molecule has 0 saturated carbocycles. The van der Waals surface area contributed by atoms with Crippen LogP contribution in [0.25, 0.3) is 0 Å². The number of halogens is 1. The number of carbonyl (C=O) groups is 1. The Morgan fingerprint density at radius 2 is 2.20 bits per heavy atom. The van der Waals surface area contributed by atoms with Crippen molar-refractivity contribution in [1.82, 2.24) is 14.8 Å². The van der Waals surface area contributed by atoms with E-state index in [4.69, 9.17) is 9.47 Å². The molecular weight excluding hydrogens is 265 g/mol. The summed E-state index contributed by atoms with van der Waals surface area (Å²) >= 11 is 0. The summed E-state index contributed by atoms with van der Waals surface area (Å²) < 4.78 is 24.6. The second kappa shape index (κ2) is 6.14. The molecule has 0 aliphatic carbocycles. The van der Waals surface area contributed by atoms with E-state index >= 15 is 0 Å². The summed E-state index contributed by atoms with van der Waals surface area (Å²) in [6.07, 6.45) is 2.70. The van der Waals surface area contributed by atoms with E-state index in [0.717, 1.165) is 0 Å². The van der Waals surface area contributed by atoms with E-state index in [0.29, 0.717) is 17.0 Å². The molecule has 0 radical (unpaired) electrons. The standard InChI is InChI=1S/C13H14FN3O3/c1-3-19-13(18)10-7-16-17(2)11(10)8-20-9-4-5-12(14)15-6-9/h4-7H,3,8H2,1-2H3. The normalized spacial score (nSPS) is 10.3. The average Bonchev–Trinajstić information content (AvgIpc) is 2.80. The van der Waals surface area contributed by atoms with Gasteiger partial charge in [0, 0.05) is 7.05 Å². The van der Waals surface area contributed by atoms with E-state index in [1.165, 1.54) is 29.2 Å². The summed E-state index contributed by atoms with van der Waals surface area (Å²) in [5, 5.41) is 4.01. The van der Waals surface area contributed by atoms with Crippen LogP contribution in [-0.4, -0.2) is 27.3 Å². The monoisotopic (exact) mass is 279 g/mol. The van der Waals surface area contributed by atoms with E-state index in [1.807, 2.05) is 0 Å². The summed E-state index contributed by atoms with van der Waals surface area (Å²) in [6, 6.07) is 2.66. The van der Waals surface area contributed by atoms with Crippen molar-refractivity contribution in [2.24, 2.45) is 7.05 Å². The molecule has 0 aromatic carbocycles. The van der Waals surface area contributed by atoms with E-state index < -0.39 is 11.9 Å². The van der Waals surface area contributed by atoms with Crippen molar-refractivity contribution in [3.05, 3.63) is 41.7 Å². The fourth-order valence-electron chi connectivity index (χ4n) is 1.61. The molecule has 0 fully saturated rings. The fourth-order valence-corrected chi connectivity index (χ4v) is 1.61. The molecule has 2 rings (SSSR count). The van der Waals surface area contributed by atoms with Crippen molar-refractivity contribution >= 4 is 5.97 Å². The van der Waals surface area contributed by atoms with E-state index in [1.54, 1.807) is 14.0 Å². The molecule has 0 aliphatic heterocycles. The number of aromatic nitrogens is 3. The van der Waals surface area contributed by atoms with Gasteiger partial charge in [-0.05, 0) is 19.1 Å². The zero-order chi connectivity index (χ0) is 14.5. The molecule has 0 N–H and O–H groups in total. The molecule has 0 bridgehead atoms. The summed E-state index contributed by atoms with van der Waals surface area (Å²) in [7, 11) is 1.70. The minimum atomic E-state index is -0.579. The molecule has 20 heavy (non-hydrogen) atoms. The predicted molar refractivity (Wildman–Crippen MR) is 67.7 cm³/mol. The van der Waals surface area contributed by atoms with E-state index in [9.17, 15) is 9.18 Å². The second-order valence-electron chi connectivity index (χ2n) is 3.95. The minimum Gasteiger partial charge on any atom is -0.486 e. The molecule has 0 amide bonds. The van der Waals surface area contributed by atoms with Gasteiger partial charge in [-0.2, -0.15) is 9.49 Å². The number of aryl methyl sites for hydroxylation is 1. The van der Waals surface area contributed by atoms with Crippen LogP contribution < -0.4 is 4.74 Å². The Balaban J connectivity index is 2.11. The van der Waals surface area contributed by atoms with Gasteiger partial charge in [0.05, 0.1) is 24.7 Å². The van der Waals surface area contributed by atoms with Gasteiger partial charge in [-0.15, -0.1) is 0 Å². The molecule has 2 aromatic heterocycles. The lowest BCUT2D eigenvalue weighted by molar-refractivity contribution is 0.0523. The largest absolute Gasteiger partial charge is 0.486 e. The third-order valence-electron chi connectivity index (χ3n) is 2.63. The van der Waals surface area contributed by atoms with Gasteiger partial charge >= 0.3 is 5.97 Å². The highest BCUT2D eigenvalue weighted by molar-refractivity contribution is 5.90. The Bertz CT molecular complexity index is 595. The number of esters is 1. The summed E-state index contributed by atoms with van der Waals surface area (Å²) in [4.78, 5) is 15.2. The number of hydrogen-bond acceptors (Lipinski definition) is 5. The summed E-state index contributed by atoms with van der Waals surface area (Å²) in [5.74, 6) is -0.621. The van der Waals surface area contributed by atoms with Gasteiger partial charge in [-0.25, -0.2) is 9.78 Å². The lowest BCUT2D eigenvalue weighted by Crippen LogP contribution is -2.11. The number of rotatable bonds is 5. The molecule has 0 aliphatic rings.